The zero-order valence-corrected chi connectivity index (χ0v) is 18.4. The molecule has 1 atom stereocenters. The molecule has 0 saturated carbocycles. The van der Waals surface area contributed by atoms with Gasteiger partial charge in [-0.25, -0.2) is 0 Å². The molecule has 160 valence electrons. The number of rotatable bonds is 8. The first-order valence-corrected chi connectivity index (χ1v) is 11.2. The van der Waals surface area contributed by atoms with E-state index < -0.39 is 0 Å². The van der Waals surface area contributed by atoms with E-state index in [2.05, 4.69) is 89.7 Å². The molecule has 2 aliphatic carbocycles. The van der Waals surface area contributed by atoms with Gasteiger partial charge >= 0.3 is 0 Å². The minimum atomic E-state index is 0.352. The fraction of sp³-hybridized carbons (Fsp3) is 0.133. The maximum Gasteiger partial charge on any atom is 0.0556 e. The van der Waals surface area contributed by atoms with Gasteiger partial charge in [0.05, 0.1) is 6.04 Å². The van der Waals surface area contributed by atoms with Gasteiger partial charge in [-0.1, -0.05) is 85.5 Å². The quantitative estimate of drug-likeness (QED) is 0.440. The van der Waals surface area contributed by atoms with Gasteiger partial charge < -0.3 is 10.2 Å². The molecule has 0 aromatic heterocycles. The Hall–Kier alpha value is -3.78. The first kappa shape index (κ1) is 21.5. The Kier molecular flexibility index (Phi) is 7.38. The second-order valence-corrected chi connectivity index (χ2v) is 7.85. The van der Waals surface area contributed by atoms with E-state index in [1.54, 1.807) is 0 Å². The molecule has 0 aliphatic heterocycles. The molecule has 0 saturated heterocycles. The molecule has 0 spiro atoms. The number of anilines is 2. The highest BCUT2D eigenvalue weighted by Crippen LogP contribution is 2.31. The lowest BCUT2D eigenvalue weighted by molar-refractivity contribution is 0.720. The minimum absolute atomic E-state index is 0.352. The molecular formula is C30H30N2. The van der Waals surface area contributed by atoms with E-state index in [1.807, 2.05) is 48.7 Å². The maximum atomic E-state index is 4.01. The summed E-state index contributed by atoms with van der Waals surface area (Å²) in [6.07, 6.45) is 26.6. The minimum Gasteiger partial charge on any atom is -0.362 e. The van der Waals surface area contributed by atoms with Gasteiger partial charge in [-0.05, 0) is 66.8 Å². The van der Waals surface area contributed by atoms with Crippen LogP contribution in [0.4, 0.5) is 11.4 Å². The fourth-order valence-electron chi connectivity index (χ4n) is 4.05. The Morgan fingerprint density at radius 3 is 2.50 bits per heavy atom. The van der Waals surface area contributed by atoms with Crippen molar-refractivity contribution in [2.24, 2.45) is 0 Å². The summed E-state index contributed by atoms with van der Waals surface area (Å²) in [5, 5.41) is 3.28. The summed E-state index contributed by atoms with van der Waals surface area (Å²) < 4.78 is 0. The number of allylic oxidation sites excluding steroid dienone is 10. The van der Waals surface area contributed by atoms with Crippen molar-refractivity contribution in [1.82, 2.24) is 0 Å². The van der Waals surface area contributed by atoms with Crippen molar-refractivity contribution in [3.05, 3.63) is 139 Å². The lowest BCUT2D eigenvalue weighted by atomic mass is 10.00. The molecule has 4 rings (SSSR count). The predicted molar refractivity (Wildman–Crippen MR) is 139 cm³/mol. The Morgan fingerprint density at radius 1 is 0.969 bits per heavy atom. The molecule has 0 fully saturated rings. The summed E-state index contributed by atoms with van der Waals surface area (Å²) in [7, 11) is 0. The number of benzene rings is 2. The van der Waals surface area contributed by atoms with E-state index in [0.717, 1.165) is 36.1 Å². The number of para-hydroxylation sites is 1. The molecule has 2 aromatic rings. The van der Waals surface area contributed by atoms with Crippen molar-refractivity contribution in [2.45, 2.75) is 25.3 Å². The molecule has 2 aromatic carbocycles. The average Bonchev–Trinajstić information content (AvgIpc) is 2.87. The second kappa shape index (κ2) is 11.0. The molecule has 0 radical (unpaired) electrons. The van der Waals surface area contributed by atoms with Gasteiger partial charge in [-0.2, -0.15) is 0 Å². The molecule has 32 heavy (non-hydrogen) atoms. The van der Waals surface area contributed by atoms with Crippen molar-refractivity contribution in [3.63, 3.8) is 0 Å². The molecular weight excluding hydrogens is 388 g/mol. The lowest BCUT2D eigenvalue weighted by Gasteiger charge is -2.35. The number of nitrogens with one attached hydrogen (secondary N) is 1. The van der Waals surface area contributed by atoms with Gasteiger partial charge in [0, 0.05) is 23.3 Å². The smallest absolute Gasteiger partial charge is 0.0556 e. The molecule has 0 bridgehead atoms. The second-order valence-electron chi connectivity index (χ2n) is 7.85. The molecule has 2 heteroatoms. The Morgan fingerprint density at radius 2 is 1.81 bits per heavy atom. The van der Waals surface area contributed by atoms with Crippen molar-refractivity contribution in [3.8, 4) is 0 Å². The van der Waals surface area contributed by atoms with Gasteiger partial charge in [0.15, 0.2) is 0 Å². The van der Waals surface area contributed by atoms with Gasteiger partial charge in [0.2, 0.25) is 0 Å². The highest BCUT2D eigenvalue weighted by molar-refractivity contribution is 5.76. The van der Waals surface area contributed by atoms with Crippen LogP contribution < -0.4 is 10.2 Å². The van der Waals surface area contributed by atoms with Crippen LogP contribution in [0.25, 0.3) is 5.57 Å². The van der Waals surface area contributed by atoms with Crippen LogP contribution in [-0.2, 0) is 0 Å². The molecule has 0 heterocycles. The highest BCUT2D eigenvalue weighted by atomic mass is 15.2. The van der Waals surface area contributed by atoms with Gasteiger partial charge in [-0.3, -0.25) is 0 Å². The van der Waals surface area contributed by atoms with Crippen LogP contribution in [0.15, 0.2) is 134 Å². The summed E-state index contributed by atoms with van der Waals surface area (Å²) in [6.45, 7) is 4.01. The highest BCUT2D eigenvalue weighted by Gasteiger charge is 2.21. The number of hydrogen-bond donors (Lipinski definition) is 1. The number of hydrogen-bond acceptors (Lipinski definition) is 2. The summed E-state index contributed by atoms with van der Waals surface area (Å²) in [5.41, 5.74) is 5.92. The summed E-state index contributed by atoms with van der Waals surface area (Å²) in [5.74, 6) is 0. The molecule has 1 unspecified atom stereocenters. The zero-order chi connectivity index (χ0) is 22.0. The van der Waals surface area contributed by atoms with E-state index >= 15 is 0 Å². The van der Waals surface area contributed by atoms with Crippen LogP contribution in [0.1, 0.15) is 24.8 Å². The Bertz CT molecular complexity index is 1080. The van der Waals surface area contributed by atoms with E-state index in [1.165, 1.54) is 11.4 Å². The monoisotopic (exact) mass is 418 g/mol. The largest absolute Gasteiger partial charge is 0.362 e. The van der Waals surface area contributed by atoms with E-state index in [9.17, 15) is 0 Å². The first-order valence-electron chi connectivity index (χ1n) is 11.2. The normalized spacial score (nSPS) is 17.9. The standard InChI is InChI=1S/C30H30N2/c1-2-25(13-12-24-31-27-14-6-3-7-15-27)26-20-22-30(23-21-26)32(28-16-8-4-9-17-28)29-18-10-5-11-19-29/h2-10,12-16,18,20-24,28,31H,1,11,17,19H2/b24-12+,25-13+. The maximum absolute atomic E-state index is 4.01. The molecule has 1 N–H and O–H groups in total. The Labute approximate surface area is 192 Å². The molecule has 2 nitrogen and oxygen atoms in total. The van der Waals surface area contributed by atoms with Crippen molar-refractivity contribution < 1.29 is 0 Å². The lowest BCUT2D eigenvalue weighted by Crippen LogP contribution is -2.34. The fourth-order valence-corrected chi connectivity index (χ4v) is 4.05. The predicted octanol–water partition coefficient (Wildman–Crippen LogP) is 7.81. The topological polar surface area (TPSA) is 15.3 Å². The van der Waals surface area contributed by atoms with Crippen LogP contribution in [-0.4, -0.2) is 6.04 Å². The van der Waals surface area contributed by atoms with Crippen LogP contribution in [0, 0.1) is 0 Å². The van der Waals surface area contributed by atoms with Crippen molar-refractivity contribution in [2.75, 3.05) is 10.2 Å². The van der Waals surface area contributed by atoms with E-state index in [0.29, 0.717) is 6.04 Å². The van der Waals surface area contributed by atoms with Crippen molar-refractivity contribution in [1.29, 1.82) is 0 Å². The third-order valence-electron chi connectivity index (χ3n) is 5.69. The van der Waals surface area contributed by atoms with E-state index in [4.69, 9.17) is 0 Å². The van der Waals surface area contributed by atoms with Crippen LogP contribution in [0.2, 0.25) is 0 Å². The van der Waals surface area contributed by atoms with Crippen LogP contribution in [0.3, 0.4) is 0 Å². The summed E-state index contributed by atoms with van der Waals surface area (Å²) in [4.78, 5) is 2.48. The summed E-state index contributed by atoms with van der Waals surface area (Å²) in [6, 6.07) is 19.3. The van der Waals surface area contributed by atoms with Gasteiger partial charge in [-0.15, -0.1) is 0 Å². The summed E-state index contributed by atoms with van der Waals surface area (Å²) >= 11 is 0. The SMILES string of the molecule is C=C/C(=C\C=C\Nc1ccccc1)c1ccc(N(C2=CC=CCC2)C2C=CC=CC2)cc1. The zero-order valence-electron chi connectivity index (χ0n) is 18.4. The van der Waals surface area contributed by atoms with Crippen LogP contribution >= 0.6 is 0 Å². The van der Waals surface area contributed by atoms with Gasteiger partial charge in [0.1, 0.15) is 0 Å². The first-order chi connectivity index (χ1) is 15.8. The third kappa shape index (κ3) is 5.47. The van der Waals surface area contributed by atoms with Crippen molar-refractivity contribution >= 4 is 16.9 Å². The number of nitrogens with zero attached hydrogens (tertiary/aromatic N) is 1. The van der Waals surface area contributed by atoms with E-state index in [-0.39, 0.29) is 0 Å². The third-order valence-corrected chi connectivity index (χ3v) is 5.69. The van der Waals surface area contributed by atoms with Crippen LogP contribution in [0.5, 0.6) is 0 Å². The average molecular weight is 419 g/mol. The molecule has 2 aliphatic rings. The van der Waals surface area contributed by atoms with Gasteiger partial charge in [0.25, 0.3) is 0 Å². The molecule has 0 amide bonds. The Balaban J connectivity index is 1.52.